The van der Waals surface area contributed by atoms with E-state index in [-0.39, 0.29) is 0 Å². The van der Waals surface area contributed by atoms with Crippen molar-refractivity contribution in [3.8, 4) is 5.75 Å². The van der Waals surface area contributed by atoms with Crippen molar-refractivity contribution in [1.82, 2.24) is 5.32 Å². The van der Waals surface area contributed by atoms with Gasteiger partial charge in [-0.25, -0.2) is 0 Å². The van der Waals surface area contributed by atoms with Gasteiger partial charge in [-0.2, -0.15) is 0 Å². The van der Waals surface area contributed by atoms with Crippen molar-refractivity contribution in [1.29, 1.82) is 0 Å². The van der Waals surface area contributed by atoms with Crippen molar-refractivity contribution in [2.45, 2.75) is 25.8 Å². The third-order valence-electron chi connectivity index (χ3n) is 2.77. The van der Waals surface area contributed by atoms with Gasteiger partial charge in [-0.15, -0.1) is 0 Å². The summed E-state index contributed by atoms with van der Waals surface area (Å²) in [5, 5.41) is 3.54. The zero-order chi connectivity index (χ0) is 12.5. The van der Waals surface area contributed by atoms with Gasteiger partial charge in [0.15, 0.2) is 0 Å². The first kappa shape index (κ1) is 14.0. The summed E-state index contributed by atoms with van der Waals surface area (Å²) in [5.74, 6) is 0.942. The number of benzene rings is 1. The van der Waals surface area contributed by atoms with E-state index < -0.39 is 0 Å². The van der Waals surface area contributed by atoms with E-state index >= 15 is 0 Å². The summed E-state index contributed by atoms with van der Waals surface area (Å²) in [6.07, 6.45) is 2.08. The van der Waals surface area contributed by atoms with Gasteiger partial charge in [0.05, 0.1) is 7.11 Å². The van der Waals surface area contributed by atoms with Crippen LogP contribution in [0, 0.1) is 0 Å². The van der Waals surface area contributed by atoms with E-state index in [2.05, 4.69) is 18.3 Å². The average Bonchev–Trinajstić information content (AvgIpc) is 2.39. The maximum absolute atomic E-state index is 5.41. The molecule has 0 aromatic heterocycles. The first-order valence-corrected chi connectivity index (χ1v) is 6.18. The molecule has 0 aliphatic rings. The predicted octanol–water partition coefficient (Wildman–Crippen LogP) is 2.77. The van der Waals surface area contributed by atoms with Crippen molar-refractivity contribution in [3.05, 3.63) is 29.8 Å². The molecule has 0 aliphatic carbocycles. The van der Waals surface area contributed by atoms with Gasteiger partial charge in [0, 0.05) is 25.3 Å². The Kier molecular flexibility index (Phi) is 6.67. The van der Waals surface area contributed by atoms with Crippen LogP contribution < -0.4 is 10.1 Å². The highest BCUT2D eigenvalue weighted by atomic mass is 16.5. The number of hydrogen-bond donors (Lipinski definition) is 1. The lowest BCUT2D eigenvalue weighted by Crippen LogP contribution is -2.23. The molecule has 17 heavy (non-hydrogen) atoms. The normalized spacial score (nSPS) is 12.4. The Hall–Kier alpha value is -1.06. The Morgan fingerprint density at radius 3 is 2.65 bits per heavy atom. The summed E-state index contributed by atoms with van der Waals surface area (Å²) >= 11 is 0. The maximum atomic E-state index is 5.41. The third-order valence-corrected chi connectivity index (χ3v) is 2.77. The van der Waals surface area contributed by atoms with Crippen molar-refractivity contribution in [3.63, 3.8) is 0 Å². The molecular formula is C14H23NO2. The van der Waals surface area contributed by atoms with Crippen LogP contribution in [0.1, 0.15) is 31.4 Å². The molecule has 3 heteroatoms. The second kappa shape index (κ2) is 8.09. The van der Waals surface area contributed by atoms with Gasteiger partial charge >= 0.3 is 0 Å². The Bertz CT molecular complexity index is 307. The minimum Gasteiger partial charge on any atom is -0.496 e. The Morgan fingerprint density at radius 2 is 2.00 bits per heavy atom. The van der Waals surface area contributed by atoms with E-state index in [1.807, 2.05) is 18.2 Å². The van der Waals surface area contributed by atoms with Crippen molar-refractivity contribution < 1.29 is 9.47 Å². The number of hydrogen-bond acceptors (Lipinski definition) is 3. The summed E-state index contributed by atoms with van der Waals surface area (Å²) in [7, 11) is 3.45. The van der Waals surface area contributed by atoms with Crippen LogP contribution in [0.2, 0.25) is 0 Å². The average molecular weight is 237 g/mol. The molecule has 1 aromatic rings. The van der Waals surface area contributed by atoms with Gasteiger partial charge in [-0.3, -0.25) is 0 Å². The fraction of sp³-hybridized carbons (Fsp3) is 0.571. The molecule has 1 unspecified atom stereocenters. The zero-order valence-corrected chi connectivity index (χ0v) is 11.0. The van der Waals surface area contributed by atoms with Crippen LogP contribution in [0.25, 0.3) is 0 Å². The summed E-state index contributed by atoms with van der Waals surface area (Å²) < 4.78 is 10.6. The monoisotopic (exact) mass is 237 g/mol. The number of methoxy groups -OCH3 is 2. The van der Waals surface area contributed by atoms with Crippen LogP contribution in [0.3, 0.4) is 0 Å². The van der Waals surface area contributed by atoms with Crippen molar-refractivity contribution in [2.24, 2.45) is 0 Å². The van der Waals surface area contributed by atoms with Gasteiger partial charge in [0.25, 0.3) is 0 Å². The minimum atomic E-state index is 0.297. The van der Waals surface area contributed by atoms with Gasteiger partial charge in [-0.1, -0.05) is 25.1 Å². The van der Waals surface area contributed by atoms with Crippen LogP contribution in [-0.2, 0) is 4.74 Å². The summed E-state index contributed by atoms with van der Waals surface area (Å²) in [5.41, 5.74) is 1.21. The Labute approximate surface area is 104 Å². The molecule has 0 bridgehead atoms. The van der Waals surface area contributed by atoms with Gasteiger partial charge < -0.3 is 14.8 Å². The highest BCUT2D eigenvalue weighted by molar-refractivity contribution is 5.35. The molecule has 3 nitrogen and oxygen atoms in total. The lowest BCUT2D eigenvalue weighted by atomic mass is 10.0. The number of ether oxygens (including phenoxy) is 2. The topological polar surface area (TPSA) is 30.5 Å². The molecule has 0 saturated carbocycles. The number of para-hydroxylation sites is 1. The van der Waals surface area contributed by atoms with Crippen LogP contribution >= 0.6 is 0 Å². The molecule has 0 saturated heterocycles. The highest BCUT2D eigenvalue weighted by Crippen LogP contribution is 2.26. The van der Waals surface area contributed by atoms with E-state index in [1.165, 1.54) is 5.56 Å². The molecular weight excluding hydrogens is 214 g/mol. The first-order chi connectivity index (χ1) is 8.33. The van der Waals surface area contributed by atoms with E-state index in [9.17, 15) is 0 Å². The van der Waals surface area contributed by atoms with Crippen LogP contribution in [0.5, 0.6) is 5.75 Å². The van der Waals surface area contributed by atoms with E-state index in [0.29, 0.717) is 6.04 Å². The van der Waals surface area contributed by atoms with E-state index in [4.69, 9.17) is 9.47 Å². The molecule has 1 atom stereocenters. The third kappa shape index (κ3) is 4.36. The van der Waals surface area contributed by atoms with Crippen LogP contribution in [0.15, 0.2) is 24.3 Å². The molecule has 0 fully saturated rings. The summed E-state index contributed by atoms with van der Waals surface area (Å²) in [4.78, 5) is 0. The zero-order valence-electron chi connectivity index (χ0n) is 11.0. The van der Waals surface area contributed by atoms with Crippen LogP contribution in [-0.4, -0.2) is 27.4 Å². The first-order valence-electron chi connectivity index (χ1n) is 6.18. The van der Waals surface area contributed by atoms with Crippen molar-refractivity contribution in [2.75, 3.05) is 27.4 Å². The number of rotatable bonds is 8. The molecule has 0 amide bonds. The number of nitrogens with one attached hydrogen (secondary N) is 1. The molecule has 0 spiro atoms. The van der Waals surface area contributed by atoms with Gasteiger partial charge in [0.2, 0.25) is 0 Å². The fourth-order valence-corrected chi connectivity index (χ4v) is 1.88. The highest BCUT2D eigenvalue weighted by Gasteiger charge is 2.14. The quantitative estimate of drug-likeness (QED) is 0.754. The lowest BCUT2D eigenvalue weighted by Gasteiger charge is -2.20. The second-order valence-corrected chi connectivity index (χ2v) is 4.03. The van der Waals surface area contributed by atoms with E-state index in [0.717, 1.165) is 31.7 Å². The second-order valence-electron chi connectivity index (χ2n) is 4.03. The molecule has 1 rings (SSSR count). The smallest absolute Gasteiger partial charge is 0.123 e. The SMILES string of the molecule is CCCNC(CCOC)c1ccccc1OC. The molecule has 96 valence electrons. The van der Waals surface area contributed by atoms with Crippen LogP contribution in [0.4, 0.5) is 0 Å². The molecule has 0 radical (unpaired) electrons. The Balaban J connectivity index is 2.78. The van der Waals surface area contributed by atoms with Gasteiger partial charge in [0.1, 0.15) is 5.75 Å². The van der Waals surface area contributed by atoms with Crippen molar-refractivity contribution >= 4 is 0 Å². The molecule has 0 heterocycles. The summed E-state index contributed by atoms with van der Waals surface area (Å²) in [6.45, 7) is 3.93. The molecule has 0 aliphatic heterocycles. The molecule has 1 N–H and O–H groups in total. The van der Waals surface area contributed by atoms with Gasteiger partial charge in [-0.05, 0) is 25.5 Å². The largest absolute Gasteiger partial charge is 0.496 e. The van der Waals surface area contributed by atoms with E-state index in [1.54, 1.807) is 14.2 Å². The predicted molar refractivity (Wildman–Crippen MR) is 70.5 cm³/mol. The Morgan fingerprint density at radius 1 is 1.24 bits per heavy atom. The fourth-order valence-electron chi connectivity index (χ4n) is 1.88. The standard InChI is InChI=1S/C14H23NO2/c1-4-10-15-13(9-11-16-2)12-7-5-6-8-14(12)17-3/h5-8,13,15H,4,9-11H2,1-3H3. The minimum absolute atomic E-state index is 0.297. The lowest BCUT2D eigenvalue weighted by molar-refractivity contribution is 0.182. The summed E-state index contributed by atoms with van der Waals surface area (Å²) in [6, 6.07) is 8.46. The maximum Gasteiger partial charge on any atom is 0.123 e. The molecule has 1 aromatic carbocycles.